The molecule has 0 fully saturated rings. The molecule has 0 saturated heterocycles. The first-order valence-corrected chi connectivity index (χ1v) is 6.09. The van der Waals surface area contributed by atoms with Crippen molar-refractivity contribution in [1.82, 2.24) is 15.3 Å². The summed E-state index contributed by atoms with van der Waals surface area (Å²) < 4.78 is 5.52. The molecule has 2 N–H and O–H groups in total. The Labute approximate surface area is 103 Å². The molecule has 0 aliphatic carbocycles. The van der Waals surface area contributed by atoms with Crippen LogP contribution in [-0.2, 0) is 11.2 Å². The maximum Gasteiger partial charge on any atom is 0.0921 e. The molecule has 0 saturated carbocycles. The molecule has 0 aromatic carbocycles. The van der Waals surface area contributed by atoms with E-state index >= 15 is 0 Å². The van der Waals surface area contributed by atoms with Gasteiger partial charge in [0.1, 0.15) is 0 Å². The lowest BCUT2D eigenvalue weighted by Crippen LogP contribution is -2.18. The number of imidazole rings is 1. The lowest BCUT2D eigenvalue weighted by atomic mass is 10.3. The highest BCUT2D eigenvalue weighted by atomic mass is 16.5. The van der Waals surface area contributed by atoms with Crippen LogP contribution >= 0.6 is 0 Å². The summed E-state index contributed by atoms with van der Waals surface area (Å²) >= 11 is 0. The highest BCUT2D eigenvalue weighted by Crippen LogP contribution is 1.93. The Morgan fingerprint density at radius 3 is 3.12 bits per heavy atom. The van der Waals surface area contributed by atoms with Crippen molar-refractivity contribution in [2.24, 2.45) is 0 Å². The molecule has 0 atom stereocenters. The number of H-pyrrole nitrogens is 1. The maximum absolute atomic E-state index is 5.52. The number of aromatic nitrogens is 2. The van der Waals surface area contributed by atoms with Gasteiger partial charge in [-0.3, -0.25) is 0 Å². The Morgan fingerprint density at radius 1 is 1.41 bits per heavy atom. The quantitative estimate of drug-likeness (QED) is 0.502. The third-order valence-corrected chi connectivity index (χ3v) is 2.32. The van der Waals surface area contributed by atoms with Gasteiger partial charge in [0.25, 0.3) is 0 Å². The predicted molar refractivity (Wildman–Crippen MR) is 68.7 cm³/mol. The normalized spacial score (nSPS) is 9.94. The first-order valence-electron chi connectivity index (χ1n) is 6.09. The van der Waals surface area contributed by atoms with E-state index in [0.29, 0.717) is 0 Å². The zero-order chi connectivity index (χ0) is 12.2. The molecule has 1 aromatic rings. The summed E-state index contributed by atoms with van der Waals surface area (Å²) in [6, 6.07) is 0. The van der Waals surface area contributed by atoms with E-state index in [1.807, 2.05) is 13.1 Å². The molecular weight excluding hydrogens is 214 g/mol. The predicted octanol–water partition coefficient (Wildman–Crippen LogP) is 1.36. The van der Waals surface area contributed by atoms with Gasteiger partial charge in [0.05, 0.1) is 12.9 Å². The van der Waals surface area contributed by atoms with E-state index in [-0.39, 0.29) is 0 Å². The summed E-state index contributed by atoms with van der Waals surface area (Å²) in [4.78, 5) is 7.01. The van der Waals surface area contributed by atoms with Crippen molar-refractivity contribution in [1.29, 1.82) is 0 Å². The van der Waals surface area contributed by atoms with Crippen molar-refractivity contribution in [3.63, 3.8) is 0 Å². The van der Waals surface area contributed by atoms with E-state index in [4.69, 9.17) is 4.74 Å². The van der Waals surface area contributed by atoms with Gasteiger partial charge < -0.3 is 15.0 Å². The SMILES string of the molecule is CC#CCCNCCCOCCc1cnc[nH]1. The molecule has 1 rings (SSSR count). The number of ether oxygens (including phenoxy) is 1. The average molecular weight is 235 g/mol. The molecule has 0 aliphatic rings. The highest BCUT2D eigenvalue weighted by molar-refractivity contribution is 4.95. The van der Waals surface area contributed by atoms with Crippen molar-refractivity contribution in [3.8, 4) is 11.8 Å². The summed E-state index contributed by atoms with van der Waals surface area (Å²) in [6.45, 7) is 5.39. The molecule has 4 nitrogen and oxygen atoms in total. The summed E-state index contributed by atoms with van der Waals surface area (Å²) in [5, 5.41) is 3.33. The smallest absolute Gasteiger partial charge is 0.0921 e. The van der Waals surface area contributed by atoms with Crippen molar-refractivity contribution < 1.29 is 4.74 Å². The van der Waals surface area contributed by atoms with Crippen molar-refractivity contribution in [3.05, 3.63) is 18.2 Å². The van der Waals surface area contributed by atoms with Crippen LogP contribution < -0.4 is 5.32 Å². The third kappa shape index (κ3) is 7.56. The molecule has 0 bridgehead atoms. The number of nitrogens with zero attached hydrogens (tertiary/aromatic N) is 1. The average Bonchev–Trinajstić information content (AvgIpc) is 2.85. The molecule has 17 heavy (non-hydrogen) atoms. The zero-order valence-electron chi connectivity index (χ0n) is 10.5. The largest absolute Gasteiger partial charge is 0.381 e. The molecule has 94 valence electrons. The van der Waals surface area contributed by atoms with Crippen LogP contribution in [0.2, 0.25) is 0 Å². The lowest BCUT2D eigenvalue weighted by molar-refractivity contribution is 0.134. The van der Waals surface area contributed by atoms with E-state index in [1.165, 1.54) is 0 Å². The second-order valence-corrected chi connectivity index (χ2v) is 3.72. The van der Waals surface area contributed by atoms with Crippen molar-refractivity contribution >= 4 is 0 Å². The number of hydrogen-bond acceptors (Lipinski definition) is 3. The van der Waals surface area contributed by atoms with Crippen LogP contribution in [0.25, 0.3) is 0 Å². The van der Waals surface area contributed by atoms with Gasteiger partial charge in [0.2, 0.25) is 0 Å². The van der Waals surface area contributed by atoms with Crippen molar-refractivity contribution in [2.75, 3.05) is 26.3 Å². The summed E-state index contributed by atoms with van der Waals surface area (Å²) in [5.41, 5.74) is 1.13. The molecule has 0 spiro atoms. The van der Waals surface area contributed by atoms with Crippen LogP contribution in [0.1, 0.15) is 25.5 Å². The van der Waals surface area contributed by atoms with Gasteiger partial charge in [0, 0.05) is 37.9 Å². The van der Waals surface area contributed by atoms with Crippen LogP contribution in [0, 0.1) is 11.8 Å². The van der Waals surface area contributed by atoms with E-state index in [2.05, 4.69) is 27.1 Å². The summed E-state index contributed by atoms with van der Waals surface area (Å²) in [7, 11) is 0. The standard InChI is InChI=1S/C13H21N3O/c1-2-3-4-7-14-8-5-9-17-10-6-13-11-15-12-16-13/h11-12,14H,4-10H2,1H3,(H,15,16). The first kappa shape index (κ1) is 13.8. The number of hydrogen-bond donors (Lipinski definition) is 2. The number of rotatable bonds is 9. The van der Waals surface area contributed by atoms with Gasteiger partial charge in [0.15, 0.2) is 0 Å². The van der Waals surface area contributed by atoms with E-state index in [0.717, 1.165) is 51.3 Å². The molecule has 0 aliphatic heterocycles. The Hall–Kier alpha value is -1.31. The zero-order valence-corrected chi connectivity index (χ0v) is 10.5. The van der Waals surface area contributed by atoms with Gasteiger partial charge in [-0.05, 0) is 19.9 Å². The number of aromatic amines is 1. The fraction of sp³-hybridized carbons (Fsp3) is 0.615. The van der Waals surface area contributed by atoms with Crippen LogP contribution in [-0.4, -0.2) is 36.3 Å². The number of nitrogens with one attached hydrogen (secondary N) is 2. The van der Waals surface area contributed by atoms with E-state index < -0.39 is 0 Å². The Bertz CT molecular complexity index is 324. The summed E-state index contributed by atoms with van der Waals surface area (Å²) in [5.74, 6) is 5.90. The van der Waals surface area contributed by atoms with Crippen LogP contribution in [0.4, 0.5) is 0 Å². The van der Waals surface area contributed by atoms with Gasteiger partial charge >= 0.3 is 0 Å². The van der Waals surface area contributed by atoms with Gasteiger partial charge in [-0.15, -0.1) is 11.8 Å². The second-order valence-electron chi connectivity index (χ2n) is 3.72. The van der Waals surface area contributed by atoms with Crippen LogP contribution in [0.3, 0.4) is 0 Å². The molecule has 0 amide bonds. The second kappa shape index (κ2) is 9.88. The van der Waals surface area contributed by atoms with Crippen molar-refractivity contribution in [2.45, 2.75) is 26.2 Å². The minimum Gasteiger partial charge on any atom is -0.381 e. The Balaban J connectivity index is 1.79. The monoisotopic (exact) mass is 235 g/mol. The topological polar surface area (TPSA) is 49.9 Å². The summed E-state index contributed by atoms with van der Waals surface area (Å²) in [6.07, 6.45) is 6.40. The Kier molecular flexibility index (Phi) is 8.00. The highest BCUT2D eigenvalue weighted by Gasteiger charge is 1.94. The third-order valence-electron chi connectivity index (χ3n) is 2.32. The van der Waals surface area contributed by atoms with Crippen LogP contribution in [0.5, 0.6) is 0 Å². The molecule has 1 heterocycles. The van der Waals surface area contributed by atoms with Gasteiger partial charge in [-0.2, -0.15) is 0 Å². The molecule has 4 heteroatoms. The molecule has 0 unspecified atom stereocenters. The fourth-order valence-corrected chi connectivity index (χ4v) is 1.41. The Morgan fingerprint density at radius 2 is 2.35 bits per heavy atom. The molecule has 1 aromatic heterocycles. The van der Waals surface area contributed by atoms with E-state index in [1.54, 1.807) is 6.33 Å². The lowest BCUT2D eigenvalue weighted by Gasteiger charge is -2.04. The maximum atomic E-state index is 5.52. The van der Waals surface area contributed by atoms with Crippen LogP contribution in [0.15, 0.2) is 12.5 Å². The van der Waals surface area contributed by atoms with Gasteiger partial charge in [-0.1, -0.05) is 0 Å². The molecule has 0 radical (unpaired) electrons. The first-order chi connectivity index (χ1) is 8.43. The minimum absolute atomic E-state index is 0.753. The fourth-order valence-electron chi connectivity index (χ4n) is 1.41. The van der Waals surface area contributed by atoms with E-state index in [9.17, 15) is 0 Å². The molecular formula is C13H21N3O. The minimum atomic E-state index is 0.753. The van der Waals surface area contributed by atoms with Gasteiger partial charge in [-0.25, -0.2) is 4.98 Å².